The lowest BCUT2D eigenvalue weighted by atomic mass is 10.0. The van der Waals surface area contributed by atoms with Crippen LogP contribution in [0, 0.1) is 0 Å². The van der Waals surface area contributed by atoms with Crippen LogP contribution in [0.4, 0.5) is 0 Å². The van der Waals surface area contributed by atoms with Gasteiger partial charge in [0.25, 0.3) is 0 Å². The second-order valence-electron chi connectivity index (χ2n) is 18.8. The SMILES string of the molecule is CCCCCCCC/C=C/CCCCCCCCCC(=O)OC(COCCC(C(=O)O)[N+](C)(C)C)COC(=O)CCCCCCCCCCCCCCCCCCCCC. The van der Waals surface area contributed by atoms with E-state index in [1.54, 1.807) is 0 Å². The van der Waals surface area contributed by atoms with Crippen LogP contribution in [0.15, 0.2) is 12.2 Å². The van der Waals surface area contributed by atoms with Crippen molar-refractivity contribution in [3.63, 3.8) is 0 Å². The Balaban J connectivity index is 4.21. The Kier molecular flexibility index (Phi) is 42.3. The number of ether oxygens (including phenoxy) is 3. The molecule has 0 saturated carbocycles. The number of allylic oxidation sites excluding steroid dienone is 2. The summed E-state index contributed by atoms with van der Waals surface area (Å²) in [6, 6.07) is -0.611. The van der Waals surface area contributed by atoms with Gasteiger partial charge in [-0.05, 0) is 38.5 Å². The molecule has 0 amide bonds. The molecule has 0 aromatic rings. The molecule has 2 unspecified atom stereocenters. The van der Waals surface area contributed by atoms with Gasteiger partial charge in [-0.3, -0.25) is 9.59 Å². The molecule has 0 heterocycles. The zero-order chi connectivity index (χ0) is 44.2. The molecule has 60 heavy (non-hydrogen) atoms. The number of unbranched alkanes of at least 4 members (excludes halogenated alkanes) is 31. The first-order chi connectivity index (χ1) is 29.1. The van der Waals surface area contributed by atoms with E-state index in [4.69, 9.17) is 14.2 Å². The van der Waals surface area contributed by atoms with Crippen LogP contribution in [0.25, 0.3) is 0 Å². The lowest BCUT2D eigenvalue weighted by Crippen LogP contribution is -2.50. The molecule has 0 rings (SSSR count). The van der Waals surface area contributed by atoms with Crippen molar-refractivity contribution in [1.29, 1.82) is 0 Å². The predicted molar refractivity (Wildman–Crippen MR) is 252 cm³/mol. The maximum atomic E-state index is 12.8. The van der Waals surface area contributed by atoms with Gasteiger partial charge in [-0.2, -0.15) is 0 Å². The minimum atomic E-state index is -0.871. The Bertz CT molecular complexity index is 993. The van der Waals surface area contributed by atoms with Crippen molar-refractivity contribution >= 4 is 17.9 Å². The summed E-state index contributed by atoms with van der Waals surface area (Å²) in [6.45, 7) is 4.78. The first-order valence-electron chi connectivity index (χ1n) is 25.7. The molecule has 0 bridgehead atoms. The summed E-state index contributed by atoms with van der Waals surface area (Å²) < 4.78 is 17.4. The summed E-state index contributed by atoms with van der Waals surface area (Å²) in [7, 11) is 5.54. The summed E-state index contributed by atoms with van der Waals surface area (Å²) in [5.74, 6) is -1.45. The number of carboxylic acids is 1. The number of hydrogen-bond donors (Lipinski definition) is 1. The highest BCUT2D eigenvalue weighted by atomic mass is 16.6. The van der Waals surface area contributed by atoms with Crippen molar-refractivity contribution in [3.8, 4) is 0 Å². The number of quaternary nitrogens is 1. The minimum Gasteiger partial charge on any atom is -0.477 e. The van der Waals surface area contributed by atoms with Gasteiger partial charge in [0.15, 0.2) is 12.1 Å². The van der Waals surface area contributed by atoms with Crippen LogP contribution in [0.1, 0.15) is 251 Å². The number of carbonyl (C=O) groups is 3. The topological polar surface area (TPSA) is 99.1 Å². The number of carbonyl (C=O) groups excluding carboxylic acids is 2. The van der Waals surface area contributed by atoms with Gasteiger partial charge >= 0.3 is 17.9 Å². The van der Waals surface area contributed by atoms with E-state index in [2.05, 4.69) is 26.0 Å². The minimum absolute atomic E-state index is 0.0460. The second kappa shape index (κ2) is 43.7. The monoisotopic (exact) mass is 851 g/mol. The maximum absolute atomic E-state index is 12.8. The van der Waals surface area contributed by atoms with Gasteiger partial charge in [0.05, 0.1) is 34.4 Å². The molecule has 1 N–H and O–H groups in total. The van der Waals surface area contributed by atoms with E-state index in [-0.39, 0.29) is 36.2 Å². The molecular formula is C52H100NO7+. The maximum Gasteiger partial charge on any atom is 0.362 e. The van der Waals surface area contributed by atoms with Gasteiger partial charge in [0, 0.05) is 19.3 Å². The number of likely N-dealkylation sites (N-methyl/N-ethyl adjacent to an activating group) is 1. The Morgan fingerprint density at radius 3 is 1.20 bits per heavy atom. The molecule has 0 aromatic carbocycles. The average Bonchev–Trinajstić information content (AvgIpc) is 3.21. The van der Waals surface area contributed by atoms with Crippen molar-refractivity contribution in [2.24, 2.45) is 0 Å². The zero-order valence-corrected chi connectivity index (χ0v) is 40.4. The summed E-state index contributed by atoms with van der Waals surface area (Å²) in [5.41, 5.74) is 0. The summed E-state index contributed by atoms with van der Waals surface area (Å²) in [6.07, 6.45) is 48.3. The molecule has 8 heteroatoms. The Morgan fingerprint density at radius 1 is 0.483 bits per heavy atom. The number of nitrogens with zero attached hydrogens (tertiary/aromatic N) is 1. The van der Waals surface area contributed by atoms with E-state index in [9.17, 15) is 19.5 Å². The molecule has 0 aliphatic carbocycles. The van der Waals surface area contributed by atoms with E-state index in [1.165, 1.54) is 180 Å². The number of aliphatic carboxylic acids is 1. The first kappa shape index (κ1) is 58.1. The fraction of sp³-hybridized carbons (Fsp3) is 0.904. The predicted octanol–water partition coefficient (Wildman–Crippen LogP) is 14.6. The molecule has 0 saturated heterocycles. The molecule has 0 aliphatic rings. The molecule has 0 aromatic heterocycles. The lowest BCUT2D eigenvalue weighted by molar-refractivity contribution is -0.887. The fourth-order valence-electron chi connectivity index (χ4n) is 7.91. The number of rotatable bonds is 47. The number of carboxylic acid groups (broad SMARTS) is 1. The van der Waals surface area contributed by atoms with Gasteiger partial charge in [-0.25, -0.2) is 4.79 Å². The van der Waals surface area contributed by atoms with Crippen LogP contribution in [-0.4, -0.2) is 80.6 Å². The van der Waals surface area contributed by atoms with Crippen LogP contribution in [0.2, 0.25) is 0 Å². The third kappa shape index (κ3) is 41.4. The second-order valence-corrected chi connectivity index (χ2v) is 18.8. The summed E-state index contributed by atoms with van der Waals surface area (Å²) in [4.78, 5) is 37.1. The van der Waals surface area contributed by atoms with Gasteiger partial charge in [0.2, 0.25) is 0 Å². The van der Waals surface area contributed by atoms with Gasteiger partial charge in [-0.1, -0.05) is 206 Å². The van der Waals surface area contributed by atoms with Crippen LogP contribution in [-0.2, 0) is 28.6 Å². The zero-order valence-electron chi connectivity index (χ0n) is 40.4. The largest absolute Gasteiger partial charge is 0.477 e. The van der Waals surface area contributed by atoms with Crippen molar-refractivity contribution in [1.82, 2.24) is 0 Å². The van der Waals surface area contributed by atoms with E-state index < -0.39 is 18.1 Å². The molecule has 0 radical (unpaired) electrons. The smallest absolute Gasteiger partial charge is 0.362 e. The van der Waals surface area contributed by atoms with E-state index in [0.717, 1.165) is 38.5 Å². The molecule has 0 spiro atoms. The highest BCUT2D eigenvalue weighted by Crippen LogP contribution is 2.16. The van der Waals surface area contributed by atoms with Crippen LogP contribution >= 0.6 is 0 Å². The quantitative estimate of drug-likeness (QED) is 0.0282. The normalized spacial score (nSPS) is 12.9. The molecule has 354 valence electrons. The third-order valence-electron chi connectivity index (χ3n) is 11.9. The molecule has 0 fully saturated rings. The molecule has 8 nitrogen and oxygen atoms in total. The summed E-state index contributed by atoms with van der Waals surface area (Å²) >= 11 is 0. The molecule has 2 atom stereocenters. The molecular weight excluding hydrogens is 751 g/mol. The Morgan fingerprint density at radius 2 is 0.833 bits per heavy atom. The third-order valence-corrected chi connectivity index (χ3v) is 11.9. The van der Waals surface area contributed by atoms with Crippen molar-refractivity contribution < 1.29 is 38.2 Å². The van der Waals surface area contributed by atoms with Crippen molar-refractivity contribution in [2.75, 3.05) is 41.0 Å². The van der Waals surface area contributed by atoms with E-state index in [1.807, 2.05) is 21.1 Å². The van der Waals surface area contributed by atoms with Gasteiger partial charge in [0.1, 0.15) is 6.61 Å². The van der Waals surface area contributed by atoms with Gasteiger partial charge < -0.3 is 23.8 Å². The number of hydrogen-bond acceptors (Lipinski definition) is 6. The van der Waals surface area contributed by atoms with Crippen molar-refractivity contribution in [2.45, 2.75) is 264 Å². The molecule has 0 aliphatic heterocycles. The van der Waals surface area contributed by atoms with Gasteiger partial charge in [-0.15, -0.1) is 0 Å². The highest BCUT2D eigenvalue weighted by Gasteiger charge is 2.31. The fourth-order valence-corrected chi connectivity index (χ4v) is 7.91. The average molecular weight is 851 g/mol. The van der Waals surface area contributed by atoms with E-state index >= 15 is 0 Å². The highest BCUT2D eigenvalue weighted by molar-refractivity contribution is 5.72. The van der Waals surface area contributed by atoms with Crippen LogP contribution in [0.5, 0.6) is 0 Å². The Hall–Kier alpha value is -1.93. The lowest BCUT2D eigenvalue weighted by Gasteiger charge is -2.31. The van der Waals surface area contributed by atoms with Crippen LogP contribution < -0.4 is 0 Å². The Labute approximate surface area is 371 Å². The standard InChI is InChI=1S/C52H99NO7/c1-6-8-10-12-14-16-18-20-22-24-25-27-28-30-32-34-36-38-40-42-50(54)59-47-48(46-58-45-44-49(52(56)57)53(3,4)5)60-51(55)43-41-39-37-35-33-31-29-26-23-21-19-17-15-13-11-9-7-2/h21,23,48-49H,6-20,22,24-47H2,1-5H3/p+1/b23-21+. The van der Waals surface area contributed by atoms with Crippen LogP contribution in [0.3, 0.4) is 0 Å². The number of esters is 2. The summed E-state index contributed by atoms with van der Waals surface area (Å²) in [5, 5.41) is 9.65. The van der Waals surface area contributed by atoms with E-state index in [0.29, 0.717) is 19.3 Å². The van der Waals surface area contributed by atoms with Crippen molar-refractivity contribution in [3.05, 3.63) is 12.2 Å². The first-order valence-corrected chi connectivity index (χ1v) is 25.7.